The number of amides is 1. The zero-order valence-electron chi connectivity index (χ0n) is 17.5. The molecule has 1 aliphatic heterocycles. The lowest BCUT2D eigenvalue weighted by Gasteiger charge is -2.33. The van der Waals surface area contributed by atoms with Crippen molar-refractivity contribution in [2.75, 3.05) is 27.2 Å². The Hall–Kier alpha value is -2.49. The summed E-state index contributed by atoms with van der Waals surface area (Å²) in [6.07, 6.45) is 1.33. The molecule has 1 aromatic heterocycles. The highest BCUT2D eigenvalue weighted by Crippen LogP contribution is 2.27. The number of thiazole rings is 1. The van der Waals surface area contributed by atoms with Gasteiger partial charge < -0.3 is 9.64 Å². The average molecular weight is 460 g/mol. The Morgan fingerprint density at radius 1 is 1.23 bits per heavy atom. The molecule has 0 radical (unpaired) electrons. The largest absolute Gasteiger partial charge is 0.497 e. The van der Waals surface area contributed by atoms with Crippen molar-refractivity contribution in [3.05, 3.63) is 53.5 Å². The SMILES string of the molecule is COc1ccc(S(=O)(=O)N2CCC[C@H](C(=O)N(C)Cc3nc4ccccc4s3)C2)cc1. The van der Waals surface area contributed by atoms with Crippen molar-refractivity contribution in [1.29, 1.82) is 0 Å². The van der Waals surface area contributed by atoms with Gasteiger partial charge in [-0.1, -0.05) is 12.1 Å². The predicted octanol–water partition coefficient (Wildman–Crippen LogP) is 3.36. The summed E-state index contributed by atoms with van der Waals surface area (Å²) in [4.78, 5) is 19.5. The maximum Gasteiger partial charge on any atom is 0.243 e. The van der Waals surface area contributed by atoms with Crippen molar-refractivity contribution >= 4 is 37.5 Å². The molecule has 1 atom stereocenters. The van der Waals surface area contributed by atoms with Crippen LogP contribution >= 0.6 is 11.3 Å². The van der Waals surface area contributed by atoms with Crippen LogP contribution in [0.25, 0.3) is 10.2 Å². The monoisotopic (exact) mass is 459 g/mol. The van der Waals surface area contributed by atoms with Crippen LogP contribution in [0.1, 0.15) is 17.8 Å². The lowest BCUT2D eigenvalue weighted by atomic mass is 9.98. The Morgan fingerprint density at radius 2 is 1.97 bits per heavy atom. The quantitative estimate of drug-likeness (QED) is 0.565. The lowest BCUT2D eigenvalue weighted by Crippen LogP contribution is -2.45. The van der Waals surface area contributed by atoms with E-state index in [1.54, 1.807) is 47.5 Å². The van der Waals surface area contributed by atoms with Gasteiger partial charge in [0.05, 0.1) is 34.7 Å². The molecule has 4 rings (SSSR count). The van der Waals surface area contributed by atoms with Crippen LogP contribution in [0.5, 0.6) is 5.75 Å². The second-order valence-electron chi connectivity index (χ2n) is 7.65. The van der Waals surface area contributed by atoms with E-state index in [1.807, 2.05) is 24.3 Å². The molecule has 9 heteroatoms. The number of rotatable bonds is 6. The van der Waals surface area contributed by atoms with E-state index in [0.717, 1.165) is 15.2 Å². The van der Waals surface area contributed by atoms with Gasteiger partial charge in [0, 0.05) is 20.1 Å². The Bertz CT molecular complexity index is 1140. The second-order valence-corrected chi connectivity index (χ2v) is 10.7. The van der Waals surface area contributed by atoms with Crippen LogP contribution in [0.15, 0.2) is 53.4 Å². The maximum atomic E-state index is 13.1. The number of piperidine rings is 1. The molecule has 1 fully saturated rings. The number of benzene rings is 2. The molecule has 2 aromatic carbocycles. The minimum absolute atomic E-state index is 0.0473. The molecule has 164 valence electrons. The summed E-state index contributed by atoms with van der Waals surface area (Å²) in [6, 6.07) is 14.2. The van der Waals surface area contributed by atoms with E-state index in [1.165, 1.54) is 11.4 Å². The third kappa shape index (κ3) is 4.58. The summed E-state index contributed by atoms with van der Waals surface area (Å²) in [5.74, 6) is 0.192. The van der Waals surface area contributed by atoms with Gasteiger partial charge >= 0.3 is 0 Å². The normalized spacial score (nSPS) is 17.5. The lowest BCUT2D eigenvalue weighted by molar-refractivity contribution is -0.135. The summed E-state index contributed by atoms with van der Waals surface area (Å²) >= 11 is 1.57. The number of nitrogens with zero attached hydrogens (tertiary/aromatic N) is 3. The number of hydrogen-bond acceptors (Lipinski definition) is 6. The molecule has 1 aliphatic rings. The second kappa shape index (κ2) is 8.94. The predicted molar refractivity (Wildman–Crippen MR) is 121 cm³/mol. The highest BCUT2D eigenvalue weighted by molar-refractivity contribution is 7.89. The van der Waals surface area contributed by atoms with Crippen molar-refractivity contribution in [2.45, 2.75) is 24.3 Å². The molecule has 1 saturated heterocycles. The minimum Gasteiger partial charge on any atom is -0.497 e. The fourth-order valence-corrected chi connectivity index (χ4v) is 6.38. The number of para-hydroxylation sites is 1. The van der Waals surface area contributed by atoms with Gasteiger partial charge in [-0.05, 0) is 49.2 Å². The van der Waals surface area contributed by atoms with Crippen LogP contribution in [-0.4, -0.2) is 55.8 Å². The van der Waals surface area contributed by atoms with E-state index < -0.39 is 10.0 Å². The summed E-state index contributed by atoms with van der Waals surface area (Å²) in [6.45, 7) is 1.02. The molecule has 0 saturated carbocycles. The van der Waals surface area contributed by atoms with Crippen molar-refractivity contribution in [1.82, 2.24) is 14.2 Å². The van der Waals surface area contributed by atoms with E-state index in [9.17, 15) is 13.2 Å². The van der Waals surface area contributed by atoms with Crippen molar-refractivity contribution < 1.29 is 17.9 Å². The average Bonchev–Trinajstić information content (AvgIpc) is 3.21. The van der Waals surface area contributed by atoms with Gasteiger partial charge in [-0.3, -0.25) is 4.79 Å². The standard InChI is InChI=1S/C22H25N3O4S2/c1-24(15-21-23-19-7-3-4-8-20(19)30-21)22(26)16-6-5-13-25(14-16)31(27,28)18-11-9-17(29-2)10-12-18/h3-4,7-12,16H,5-6,13-15H2,1-2H3/t16-/m0/s1. The van der Waals surface area contributed by atoms with E-state index in [4.69, 9.17) is 4.74 Å². The van der Waals surface area contributed by atoms with Gasteiger partial charge in [0.25, 0.3) is 0 Å². The fraction of sp³-hybridized carbons (Fsp3) is 0.364. The summed E-state index contributed by atoms with van der Waals surface area (Å²) in [5, 5.41) is 0.871. The molecule has 0 N–H and O–H groups in total. The first-order valence-electron chi connectivity index (χ1n) is 10.1. The number of aromatic nitrogens is 1. The molecule has 0 aliphatic carbocycles. The Morgan fingerprint density at radius 3 is 2.68 bits per heavy atom. The molecule has 0 spiro atoms. The topological polar surface area (TPSA) is 79.8 Å². The number of fused-ring (bicyclic) bond motifs is 1. The smallest absolute Gasteiger partial charge is 0.243 e. The zero-order chi connectivity index (χ0) is 22.0. The van der Waals surface area contributed by atoms with Crippen molar-refractivity contribution in [2.24, 2.45) is 5.92 Å². The number of carbonyl (C=O) groups is 1. The summed E-state index contributed by atoms with van der Waals surface area (Å²) in [7, 11) is -0.366. The zero-order valence-corrected chi connectivity index (χ0v) is 19.2. The number of hydrogen-bond donors (Lipinski definition) is 0. The first kappa shape index (κ1) is 21.7. The molecule has 0 bridgehead atoms. The van der Waals surface area contributed by atoms with Crippen LogP contribution in [0.2, 0.25) is 0 Å². The summed E-state index contributed by atoms with van der Waals surface area (Å²) in [5.41, 5.74) is 0.928. The highest BCUT2D eigenvalue weighted by Gasteiger charge is 2.34. The van der Waals surface area contributed by atoms with Crippen LogP contribution in [-0.2, 0) is 21.4 Å². The van der Waals surface area contributed by atoms with Crippen LogP contribution in [0.4, 0.5) is 0 Å². The summed E-state index contributed by atoms with van der Waals surface area (Å²) < 4.78 is 33.8. The molecule has 1 amide bonds. The molecule has 7 nitrogen and oxygen atoms in total. The van der Waals surface area contributed by atoms with Crippen molar-refractivity contribution in [3.63, 3.8) is 0 Å². The highest BCUT2D eigenvalue weighted by atomic mass is 32.2. The molecular formula is C22H25N3O4S2. The van der Waals surface area contributed by atoms with Gasteiger partial charge in [0.1, 0.15) is 10.8 Å². The van der Waals surface area contributed by atoms with Crippen molar-refractivity contribution in [3.8, 4) is 5.75 Å². The van der Waals surface area contributed by atoms with Crippen LogP contribution in [0, 0.1) is 5.92 Å². The third-order valence-corrected chi connectivity index (χ3v) is 8.42. The van der Waals surface area contributed by atoms with Gasteiger partial charge in [-0.25, -0.2) is 13.4 Å². The maximum absolute atomic E-state index is 13.1. The van der Waals surface area contributed by atoms with Gasteiger partial charge in [0.15, 0.2) is 0 Å². The first-order chi connectivity index (χ1) is 14.9. The third-order valence-electron chi connectivity index (χ3n) is 5.52. The minimum atomic E-state index is -3.66. The number of ether oxygens (including phenoxy) is 1. The number of carbonyl (C=O) groups excluding carboxylic acids is 1. The fourth-order valence-electron chi connectivity index (χ4n) is 3.84. The molecule has 31 heavy (non-hydrogen) atoms. The van der Waals surface area contributed by atoms with Gasteiger partial charge in [-0.2, -0.15) is 4.31 Å². The first-order valence-corrected chi connectivity index (χ1v) is 12.4. The molecule has 0 unspecified atom stereocenters. The molecule has 3 aromatic rings. The van der Waals surface area contributed by atoms with Gasteiger partial charge in [0.2, 0.25) is 15.9 Å². The van der Waals surface area contributed by atoms with E-state index in [0.29, 0.717) is 31.7 Å². The number of methoxy groups -OCH3 is 1. The van der Waals surface area contributed by atoms with E-state index in [2.05, 4.69) is 4.98 Å². The molecular weight excluding hydrogens is 434 g/mol. The number of sulfonamides is 1. The van der Waals surface area contributed by atoms with E-state index >= 15 is 0 Å². The van der Waals surface area contributed by atoms with Crippen LogP contribution < -0.4 is 4.74 Å². The Balaban J connectivity index is 1.44. The van der Waals surface area contributed by atoms with Crippen LogP contribution in [0.3, 0.4) is 0 Å². The Kier molecular flexibility index (Phi) is 6.27. The van der Waals surface area contributed by atoms with Gasteiger partial charge in [-0.15, -0.1) is 11.3 Å². The molecule has 2 heterocycles. The van der Waals surface area contributed by atoms with E-state index in [-0.39, 0.29) is 23.3 Å². The Labute approximate surface area is 186 Å².